The molecule has 7 nitrogen and oxygen atoms in total. The molecule has 1 unspecified atom stereocenters. The molecule has 1 saturated heterocycles. The van der Waals surface area contributed by atoms with Gasteiger partial charge in [0.05, 0.1) is 4.90 Å². The Morgan fingerprint density at radius 2 is 1.73 bits per heavy atom. The standard InChI is InChI=1S/C22H24N2O5S/c25-22(21-15-28-19-7-1-2-8-20(19)29-21)24-13-5-6-16-14-17(9-10-18(16)24)30(26,27)23-11-3-4-12-23/h1-2,7-10,14,21H,3-6,11-13,15H2. The summed E-state index contributed by atoms with van der Waals surface area (Å²) in [5.41, 5.74) is 1.64. The summed E-state index contributed by atoms with van der Waals surface area (Å²) in [4.78, 5) is 15.2. The van der Waals surface area contributed by atoms with E-state index in [1.165, 1.54) is 0 Å². The molecule has 0 radical (unpaired) electrons. The second kappa shape index (κ2) is 7.59. The van der Waals surface area contributed by atoms with Gasteiger partial charge in [-0.1, -0.05) is 12.1 Å². The van der Waals surface area contributed by atoms with E-state index >= 15 is 0 Å². The molecule has 3 aliphatic rings. The fourth-order valence-electron chi connectivity index (χ4n) is 4.36. The van der Waals surface area contributed by atoms with Gasteiger partial charge in [0.2, 0.25) is 16.1 Å². The van der Waals surface area contributed by atoms with Crippen LogP contribution in [0.4, 0.5) is 5.69 Å². The topological polar surface area (TPSA) is 76.1 Å². The summed E-state index contributed by atoms with van der Waals surface area (Å²) in [5.74, 6) is 1.03. The van der Waals surface area contributed by atoms with Crippen LogP contribution >= 0.6 is 0 Å². The molecule has 1 fully saturated rings. The van der Waals surface area contributed by atoms with E-state index in [9.17, 15) is 13.2 Å². The lowest BCUT2D eigenvalue weighted by Gasteiger charge is -2.34. The number of amides is 1. The number of sulfonamides is 1. The van der Waals surface area contributed by atoms with Crippen LogP contribution in [0.25, 0.3) is 0 Å². The largest absolute Gasteiger partial charge is 0.485 e. The molecule has 0 aromatic heterocycles. The number of carbonyl (C=O) groups excluding carboxylic acids is 1. The van der Waals surface area contributed by atoms with Crippen LogP contribution in [0.1, 0.15) is 24.8 Å². The Bertz CT molecular complexity index is 1080. The molecule has 1 atom stereocenters. The van der Waals surface area contributed by atoms with Crippen molar-refractivity contribution in [2.24, 2.45) is 0 Å². The third-order valence-electron chi connectivity index (χ3n) is 5.92. The van der Waals surface area contributed by atoms with Crippen molar-refractivity contribution in [1.29, 1.82) is 0 Å². The highest BCUT2D eigenvalue weighted by molar-refractivity contribution is 7.89. The van der Waals surface area contributed by atoms with Crippen LogP contribution in [0.15, 0.2) is 47.4 Å². The molecular formula is C22H24N2O5S. The quantitative estimate of drug-likeness (QED) is 0.751. The maximum Gasteiger partial charge on any atom is 0.271 e. The van der Waals surface area contributed by atoms with E-state index in [-0.39, 0.29) is 12.5 Å². The van der Waals surface area contributed by atoms with Gasteiger partial charge in [0, 0.05) is 25.3 Å². The fourth-order valence-corrected chi connectivity index (χ4v) is 5.92. The van der Waals surface area contributed by atoms with Gasteiger partial charge in [0.1, 0.15) is 6.61 Å². The third-order valence-corrected chi connectivity index (χ3v) is 7.82. The van der Waals surface area contributed by atoms with Crippen molar-refractivity contribution in [2.75, 3.05) is 31.1 Å². The van der Waals surface area contributed by atoms with Gasteiger partial charge in [-0.3, -0.25) is 4.79 Å². The highest BCUT2D eigenvalue weighted by Gasteiger charge is 2.35. The van der Waals surface area contributed by atoms with Gasteiger partial charge < -0.3 is 14.4 Å². The first kappa shape index (κ1) is 19.4. The fraction of sp³-hybridized carbons (Fsp3) is 0.409. The molecule has 0 aliphatic carbocycles. The number of ether oxygens (including phenoxy) is 2. The van der Waals surface area contributed by atoms with E-state index in [1.807, 2.05) is 18.2 Å². The molecule has 3 aliphatic heterocycles. The van der Waals surface area contributed by atoms with Crippen molar-refractivity contribution >= 4 is 21.6 Å². The monoisotopic (exact) mass is 428 g/mol. The minimum absolute atomic E-state index is 0.156. The first-order valence-corrected chi connectivity index (χ1v) is 11.8. The van der Waals surface area contributed by atoms with Gasteiger partial charge in [-0.25, -0.2) is 8.42 Å². The Morgan fingerprint density at radius 3 is 2.53 bits per heavy atom. The maximum atomic E-state index is 13.2. The van der Waals surface area contributed by atoms with Crippen molar-refractivity contribution in [3.8, 4) is 11.5 Å². The average molecular weight is 429 g/mol. The minimum Gasteiger partial charge on any atom is -0.485 e. The first-order valence-electron chi connectivity index (χ1n) is 10.4. The normalized spacial score (nSPS) is 21.3. The summed E-state index contributed by atoms with van der Waals surface area (Å²) in [5, 5.41) is 0. The van der Waals surface area contributed by atoms with E-state index in [1.54, 1.807) is 33.5 Å². The maximum absolute atomic E-state index is 13.2. The number of hydrogen-bond acceptors (Lipinski definition) is 5. The van der Waals surface area contributed by atoms with Crippen LogP contribution in [0.3, 0.4) is 0 Å². The van der Waals surface area contributed by atoms with E-state index in [2.05, 4.69) is 0 Å². The lowest BCUT2D eigenvalue weighted by atomic mass is 10.0. The SMILES string of the molecule is O=C(C1COc2ccccc2O1)N1CCCc2cc(S(=O)(=O)N3CCCC3)ccc21. The van der Waals surface area contributed by atoms with Crippen molar-refractivity contribution in [3.05, 3.63) is 48.0 Å². The van der Waals surface area contributed by atoms with Gasteiger partial charge in [-0.2, -0.15) is 4.31 Å². The third kappa shape index (κ3) is 3.33. The molecule has 2 aromatic rings. The van der Waals surface area contributed by atoms with Crippen LogP contribution in [0.5, 0.6) is 11.5 Å². The number of nitrogens with zero attached hydrogens (tertiary/aromatic N) is 2. The van der Waals surface area contributed by atoms with E-state index < -0.39 is 16.1 Å². The number of anilines is 1. The van der Waals surface area contributed by atoms with Crippen LogP contribution in [-0.2, 0) is 21.2 Å². The number of aryl methyl sites for hydroxylation is 1. The zero-order valence-electron chi connectivity index (χ0n) is 16.6. The van der Waals surface area contributed by atoms with Crippen LogP contribution < -0.4 is 14.4 Å². The summed E-state index contributed by atoms with van der Waals surface area (Å²) < 4.78 is 39.0. The minimum atomic E-state index is -3.48. The molecule has 0 saturated carbocycles. The Hall–Kier alpha value is -2.58. The predicted octanol–water partition coefficient (Wildman–Crippen LogP) is 2.59. The van der Waals surface area contributed by atoms with Gasteiger partial charge in [0.25, 0.3) is 5.91 Å². The average Bonchev–Trinajstić information content (AvgIpc) is 3.33. The first-order chi connectivity index (χ1) is 14.5. The lowest BCUT2D eigenvalue weighted by Crippen LogP contribution is -2.48. The van der Waals surface area contributed by atoms with Gasteiger partial charge in [-0.15, -0.1) is 0 Å². The Morgan fingerprint density at radius 1 is 0.967 bits per heavy atom. The number of carbonyl (C=O) groups is 1. The number of fused-ring (bicyclic) bond motifs is 2. The number of benzene rings is 2. The van der Waals surface area contributed by atoms with E-state index in [4.69, 9.17) is 9.47 Å². The second-order valence-corrected chi connectivity index (χ2v) is 9.80. The smallest absolute Gasteiger partial charge is 0.271 e. The van der Waals surface area contributed by atoms with Crippen molar-refractivity contribution < 1.29 is 22.7 Å². The summed E-state index contributed by atoms with van der Waals surface area (Å²) >= 11 is 0. The number of hydrogen-bond donors (Lipinski definition) is 0. The predicted molar refractivity (Wildman–Crippen MR) is 111 cm³/mol. The molecule has 2 aromatic carbocycles. The number of para-hydroxylation sites is 2. The molecular weight excluding hydrogens is 404 g/mol. The highest BCUT2D eigenvalue weighted by Crippen LogP contribution is 2.34. The Labute approximate surface area is 176 Å². The molecule has 5 rings (SSSR count). The van der Waals surface area contributed by atoms with Crippen LogP contribution in [-0.4, -0.2) is 51.0 Å². The molecule has 3 heterocycles. The molecule has 158 valence electrons. The zero-order valence-corrected chi connectivity index (χ0v) is 17.4. The highest BCUT2D eigenvalue weighted by atomic mass is 32.2. The number of rotatable bonds is 3. The molecule has 0 bridgehead atoms. The van der Waals surface area contributed by atoms with Gasteiger partial charge in [-0.05, 0) is 61.6 Å². The van der Waals surface area contributed by atoms with Crippen LogP contribution in [0.2, 0.25) is 0 Å². The second-order valence-electron chi connectivity index (χ2n) is 7.86. The summed E-state index contributed by atoms with van der Waals surface area (Å²) in [6.45, 7) is 1.88. The van der Waals surface area contributed by atoms with Crippen molar-refractivity contribution in [1.82, 2.24) is 4.31 Å². The van der Waals surface area contributed by atoms with Crippen molar-refractivity contribution in [3.63, 3.8) is 0 Å². The Balaban J connectivity index is 1.40. The summed E-state index contributed by atoms with van der Waals surface area (Å²) in [6, 6.07) is 12.4. The van der Waals surface area contributed by atoms with E-state index in [0.717, 1.165) is 36.9 Å². The van der Waals surface area contributed by atoms with Gasteiger partial charge in [0.15, 0.2) is 11.5 Å². The molecule has 0 N–H and O–H groups in total. The molecule has 8 heteroatoms. The van der Waals surface area contributed by atoms with Crippen LogP contribution in [0, 0.1) is 0 Å². The molecule has 1 amide bonds. The summed E-state index contributed by atoms with van der Waals surface area (Å²) in [7, 11) is -3.48. The molecule has 30 heavy (non-hydrogen) atoms. The summed E-state index contributed by atoms with van der Waals surface area (Å²) in [6.07, 6.45) is 2.60. The van der Waals surface area contributed by atoms with Crippen molar-refractivity contribution in [2.45, 2.75) is 36.7 Å². The zero-order chi connectivity index (χ0) is 20.7. The van der Waals surface area contributed by atoms with Gasteiger partial charge >= 0.3 is 0 Å². The lowest BCUT2D eigenvalue weighted by molar-refractivity contribution is -0.127. The Kier molecular flexibility index (Phi) is 4.91. The molecule has 0 spiro atoms. The van der Waals surface area contributed by atoms with E-state index in [0.29, 0.717) is 36.0 Å².